The molecule has 0 fully saturated rings. The van der Waals surface area contributed by atoms with E-state index in [1.165, 1.54) is 5.56 Å². The highest BCUT2D eigenvalue weighted by Crippen LogP contribution is 2.20. The first kappa shape index (κ1) is 16.1. The molecule has 0 bridgehead atoms. The predicted molar refractivity (Wildman–Crippen MR) is 85.8 cm³/mol. The van der Waals surface area contributed by atoms with Gasteiger partial charge in [-0.2, -0.15) is 0 Å². The van der Waals surface area contributed by atoms with Crippen molar-refractivity contribution < 1.29 is 14.7 Å². The fourth-order valence-electron chi connectivity index (χ4n) is 2.51. The molecule has 118 valence electrons. The second kappa shape index (κ2) is 7.11. The normalized spacial score (nSPS) is 12.3. The molecule has 1 amide bonds. The molecule has 0 saturated carbocycles. The van der Waals surface area contributed by atoms with Crippen molar-refractivity contribution >= 4 is 22.8 Å². The topological polar surface area (TPSA) is 82.2 Å². The van der Waals surface area contributed by atoms with Gasteiger partial charge in [0.05, 0.1) is 0 Å². The van der Waals surface area contributed by atoms with E-state index in [1.54, 1.807) is 0 Å². The zero-order valence-corrected chi connectivity index (χ0v) is 13.0. The second-order valence-electron chi connectivity index (χ2n) is 5.76. The van der Waals surface area contributed by atoms with E-state index in [0.29, 0.717) is 19.3 Å². The fourth-order valence-corrected chi connectivity index (χ4v) is 2.51. The van der Waals surface area contributed by atoms with Gasteiger partial charge >= 0.3 is 5.97 Å². The summed E-state index contributed by atoms with van der Waals surface area (Å²) in [7, 11) is 0. The molecule has 22 heavy (non-hydrogen) atoms. The maximum absolute atomic E-state index is 11.9. The molecule has 3 N–H and O–H groups in total. The Balaban J connectivity index is 1.87. The lowest BCUT2D eigenvalue weighted by Gasteiger charge is -2.12. The van der Waals surface area contributed by atoms with Gasteiger partial charge in [-0.15, -0.1) is 0 Å². The molecule has 1 aromatic carbocycles. The number of carbonyl (C=O) groups is 2. The van der Waals surface area contributed by atoms with Crippen LogP contribution < -0.4 is 5.32 Å². The van der Waals surface area contributed by atoms with Crippen molar-refractivity contribution in [3.05, 3.63) is 35.5 Å². The zero-order valence-electron chi connectivity index (χ0n) is 13.0. The number of aryl methyl sites for hydroxylation is 2. The van der Waals surface area contributed by atoms with E-state index in [-0.39, 0.29) is 18.4 Å². The van der Waals surface area contributed by atoms with Gasteiger partial charge in [0.2, 0.25) is 5.91 Å². The standard InChI is InChI=1S/C17H22N2O3/c1-11-3-6-15-14(9-11)13(10-18-15)5-7-16(20)19-12(2)4-8-17(21)22/h3,6,9-10,12,18H,4-5,7-8H2,1-2H3,(H,19,20)(H,21,22). The molecule has 1 unspecified atom stereocenters. The summed E-state index contributed by atoms with van der Waals surface area (Å²) in [4.78, 5) is 25.6. The third kappa shape index (κ3) is 4.35. The van der Waals surface area contributed by atoms with Gasteiger partial charge < -0.3 is 15.4 Å². The highest BCUT2D eigenvalue weighted by atomic mass is 16.4. The third-order valence-electron chi connectivity index (χ3n) is 3.74. The average Bonchev–Trinajstić information content (AvgIpc) is 2.85. The Bertz CT molecular complexity index is 676. The van der Waals surface area contributed by atoms with Crippen molar-refractivity contribution in [2.45, 2.75) is 45.6 Å². The van der Waals surface area contributed by atoms with Crippen LogP contribution in [0.15, 0.2) is 24.4 Å². The molecule has 0 aliphatic heterocycles. The summed E-state index contributed by atoms with van der Waals surface area (Å²) in [5.41, 5.74) is 3.41. The summed E-state index contributed by atoms with van der Waals surface area (Å²) in [6.07, 6.45) is 3.54. The maximum atomic E-state index is 11.9. The van der Waals surface area contributed by atoms with Gasteiger partial charge in [0.15, 0.2) is 0 Å². The van der Waals surface area contributed by atoms with Crippen molar-refractivity contribution in [2.24, 2.45) is 0 Å². The molecule has 2 rings (SSSR count). The number of benzene rings is 1. The first-order valence-corrected chi connectivity index (χ1v) is 7.53. The lowest BCUT2D eigenvalue weighted by Crippen LogP contribution is -2.33. The number of amides is 1. The van der Waals surface area contributed by atoms with E-state index in [2.05, 4.69) is 22.4 Å². The minimum atomic E-state index is -0.838. The molecule has 1 heterocycles. The number of aliphatic carboxylic acids is 1. The Hall–Kier alpha value is -2.30. The number of carboxylic acid groups (broad SMARTS) is 1. The number of carbonyl (C=O) groups excluding carboxylic acids is 1. The predicted octanol–water partition coefficient (Wildman–Crippen LogP) is 2.78. The van der Waals surface area contributed by atoms with Crippen LogP contribution in [-0.2, 0) is 16.0 Å². The van der Waals surface area contributed by atoms with E-state index >= 15 is 0 Å². The lowest BCUT2D eigenvalue weighted by atomic mass is 10.1. The number of aromatic amines is 1. The number of H-pyrrole nitrogens is 1. The van der Waals surface area contributed by atoms with Crippen molar-refractivity contribution in [2.75, 3.05) is 0 Å². The molecule has 1 atom stereocenters. The van der Waals surface area contributed by atoms with Gasteiger partial charge in [0.25, 0.3) is 0 Å². The fraction of sp³-hybridized carbons (Fsp3) is 0.412. The Morgan fingerprint density at radius 2 is 2.09 bits per heavy atom. The van der Waals surface area contributed by atoms with Crippen LogP contribution in [0.25, 0.3) is 10.9 Å². The van der Waals surface area contributed by atoms with Crippen molar-refractivity contribution in [3.63, 3.8) is 0 Å². The maximum Gasteiger partial charge on any atom is 0.303 e. The molecule has 0 aliphatic rings. The number of aromatic nitrogens is 1. The molecule has 2 aromatic rings. The summed E-state index contributed by atoms with van der Waals surface area (Å²) >= 11 is 0. The molecule has 0 radical (unpaired) electrons. The first-order chi connectivity index (χ1) is 10.5. The molecule has 0 saturated heterocycles. The minimum Gasteiger partial charge on any atom is -0.481 e. The smallest absolute Gasteiger partial charge is 0.303 e. The summed E-state index contributed by atoms with van der Waals surface area (Å²) in [5, 5.41) is 12.6. The lowest BCUT2D eigenvalue weighted by molar-refractivity contribution is -0.137. The van der Waals surface area contributed by atoms with E-state index in [9.17, 15) is 9.59 Å². The molecule has 0 spiro atoms. The summed E-state index contributed by atoms with van der Waals surface area (Å²) in [5.74, 6) is -0.879. The number of carboxylic acids is 1. The Morgan fingerprint density at radius 1 is 1.32 bits per heavy atom. The highest BCUT2D eigenvalue weighted by molar-refractivity contribution is 5.85. The highest BCUT2D eigenvalue weighted by Gasteiger charge is 2.11. The molecule has 5 nitrogen and oxygen atoms in total. The number of hydrogen-bond donors (Lipinski definition) is 3. The number of rotatable bonds is 7. The van der Waals surface area contributed by atoms with Crippen molar-refractivity contribution in [3.8, 4) is 0 Å². The molecule has 5 heteroatoms. The summed E-state index contributed by atoms with van der Waals surface area (Å²) in [6, 6.07) is 6.10. The van der Waals surface area contributed by atoms with Gasteiger partial charge in [0, 0.05) is 36.0 Å². The van der Waals surface area contributed by atoms with Crippen LogP contribution in [0.3, 0.4) is 0 Å². The second-order valence-corrected chi connectivity index (χ2v) is 5.76. The van der Waals surface area contributed by atoms with E-state index in [0.717, 1.165) is 16.5 Å². The van der Waals surface area contributed by atoms with Crippen LogP contribution in [0.1, 0.15) is 37.3 Å². The van der Waals surface area contributed by atoms with Crippen LogP contribution in [0.4, 0.5) is 0 Å². The van der Waals surface area contributed by atoms with Crippen molar-refractivity contribution in [1.29, 1.82) is 0 Å². The van der Waals surface area contributed by atoms with Gasteiger partial charge in [-0.05, 0) is 44.4 Å². The molecular weight excluding hydrogens is 280 g/mol. The van der Waals surface area contributed by atoms with Gasteiger partial charge in [0.1, 0.15) is 0 Å². The third-order valence-corrected chi connectivity index (χ3v) is 3.74. The first-order valence-electron chi connectivity index (χ1n) is 7.53. The summed E-state index contributed by atoms with van der Waals surface area (Å²) < 4.78 is 0. The monoisotopic (exact) mass is 302 g/mol. The van der Waals surface area contributed by atoms with Crippen molar-refractivity contribution in [1.82, 2.24) is 10.3 Å². The molecule has 0 aliphatic carbocycles. The minimum absolute atomic E-state index is 0.0418. The van der Waals surface area contributed by atoms with Gasteiger partial charge in [-0.3, -0.25) is 9.59 Å². The molecule has 1 aromatic heterocycles. The Labute approximate surface area is 129 Å². The van der Waals surface area contributed by atoms with Crippen LogP contribution in [0, 0.1) is 6.92 Å². The Kier molecular flexibility index (Phi) is 5.20. The van der Waals surface area contributed by atoms with E-state index in [4.69, 9.17) is 5.11 Å². The average molecular weight is 302 g/mol. The zero-order chi connectivity index (χ0) is 16.1. The number of nitrogens with one attached hydrogen (secondary N) is 2. The van der Waals surface area contributed by atoms with Crippen LogP contribution >= 0.6 is 0 Å². The van der Waals surface area contributed by atoms with Crippen LogP contribution in [0.5, 0.6) is 0 Å². The van der Waals surface area contributed by atoms with Crippen LogP contribution in [-0.4, -0.2) is 28.0 Å². The van der Waals surface area contributed by atoms with Gasteiger partial charge in [-0.25, -0.2) is 0 Å². The van der Waals surface area contributed by atoms with Crippen LogP contribution in [0.2, 0.25) is 0 Å². The number of hydrogen-bond acceptors (Lipinski definition) is 2. The number of fused-ring (bicyclic) bond motifs is 1. The van der Waals surface area contributed by atoms with E-state index in [1.807, 2.05) is 26.1 Å². The van der Waals surface area contributed by atoms with Gasteiger partial charge in [-0.1, -0.05) is 11.6 Å². The van der Waals surface area contributed by atoms with E-state index < -0.39 is 5.97 Å². The quantitative estimate of drug-likeness (QED) is 0.735. The molecular formula is C17H22N2O3. The largest absolute Gasteiger partial charge is 0.481 e. The Morgan fingerprint density at radius 3 is 2.82 bits per heavy atom. The SMILES string of the molecule is Cc1ccc2[nH]cc(CCC(=O)NC(C)CCC(=O)O)c2c1. The summed E-state index contributed by atoms with van der Waals surface area (Å²) in [6.45, 7) is 3.88.